The molecule has 0 aliphatic heterocycles. The second-order valence-electron chi connectivity index (χ2n) is 4.70. The first-order valence-electron chi connectivity index (χ1n) is 7.06. The number of anilines is 1. The maximum atomic E-state index is 12.0. The van der Waals surface area contributed by atoms with Gasteiger partial charge in [-0.15, -0.1) is 0 Å². The zero-order valence-electron chi connectivity index (χ0n) is 12.2. The molecule has 0 aliphatic carbocycles. The molecule has 2 aromatic heterocycles. The van der Waals surface area contributed by atoms with Crippen LogP contribution in [0.5, 0.6) is 0 Å². The third kappa shape index (κ3) is 3.12. The van der Waals surface area contributed by atoms with E-state index < -0.39 is 0 Å². The summed E-state index contributed by atoms with van der Waals surface area (Å²) in [6, 6.07) is 11.5. The molecule has 0 aliphatic rings. The van der Waals surface area contributed by atoms with Gasteiger partial charge >= 0.3 is 0 Å². The van der Waals surface area contributed by atoms with E-state index in [2.05, 4.69) is 26.8 Å². The number of carbonyl (C=O) groups excluding carboxylic acids is 1. The van der Waals surface area contributed by atoms with Gasteiger partial charge in [0.25, 0.3) is 0 Å². The van der Waals surface area contributed by atoms with Crippen LogP contribution in [0.2, 0.25) is 0 Å². The lowest BCUT2D eigenvalue weighted by Gasteiger charge is -2.06. The Hall–Kier alpha value is -2.34. The highest BCUT2D eigenvalue weighted by Gasteiger charge is 2.11. The Labute approximate surface area is 132 Å². The molecule has 6 heteroatoms. The van der Waals surface area contributed by atoms with E-state index in [0.29, 0.717) is 5.75 Å². The van der Waals surface area contributed by atoms with Gasteiger partial charge in [0.15, 0.2) is 5.16 Å². The minimum atomic E-state index is -0.0501. The van der Waals surface area contributed by atoms with Crippen LogP contribution < -0.4 is 5.32 Å². The van der Waals surface area contributed by atoms with Crippen LogP contribution in [0.1, 0.15) is 6.92 Å². The van der Waals surface area contributed by atoms with Crippen molar-refractivity contribution in [2.24, 2.45) is 0 Å². The Balaban J connectivity index is 1.70. The molecule has 0 saturated carbocycles. The average molecular weight is 312 g/mol. The van der Waals surface area contributed by atoms with Crippen molar-refractivity contribution in [3.8, 4) is 0 Å². The first kappa shape index (κ1) is 14.6. The molecule has 0 spiro atoms. The zero-order chi connectivity index (χ0) is 15.4. The molecule has 0 unspecified atom stereocenters. The van der Waals surface area contributed by atoms with E-state index in [-0.39, 0.29) is 5.91 Å². The quantitative estimate of drug-likeness (QED) is 0.735. The van der Waals surface area contributed by atoms with Gasteiger partial charge in [-0.3, -0.25) is 9.78 Å². The number of hydrogen-bond acceptors (Lipinski definition) is 4. The Morgan fingerprint density at radius 2 is 2.00 bits per heavy atom. The number of nitrogens with one attached hydrogen (secondary N) is 1. The van der Waals surface area contributed by atoms with Gasteiger partial charge in [-0.2, -0.15) is 0 Å². The maximum Gasteiger partial charge on any atom is 0.234 e. The molecule has 0 radical (unpaired) electrons. The summed E-state index contributed by atoms with van der Waals surface area (Å²) in [4.78, 5) is 20.5. The van der Waals surface area contributed by atoms with Crippen molar-refractivity contribution in [2.75, 3.05) is 11.1 Å². The number of fused-ring (bicyclic) bond motifs is 1. The number of nitrogens with zero attached hydrogens (tertiary/aromatic N) is 3. The van der Waals surface area contributed by atoms with Crippen molar-refractivity contribution < 1.29 is 4.79 Å². The van der Waals surface area contributed by atoms with Crippen molar-refractivity contribution in [1.29, 1.82) is 0 Å². The van der Waals surface area contributed by atoms with Crippen LogP contribution in [0.3, 0.4) is 0 Å². The molecule has 5 nitrogen and oxygen atoms in total. The van der Waals surface area contributed by atoms with Crippen molar-refractivity contribution in [1.82, 2.24) is 14.5 Å². The van der Waals surface area contributed by atoms with Crippen LogP contribution in [0.4, 0.5) is 5.69 Å². The van der Waals surface area contributed by atoms with Crippen molar-refractivity contribution in [3.05, 3.63) is 48.8 Å². The molecule has 1 N–H and O–H groups in total. The Morgan fingerprint density at radius 3 is 2.77 bits per heavy atom. The number of amides is 1. The largest absolute Gasteiger partial charge is 0.325 e. The van der Waals surface area contributed by atoms with Gasteiger partial charge < -0.3 is 9.88 Å². The number of rotatable bonds is 5. The summed E-state index contributed by atoms with van der Waals surface area (Å²) in [5.74, 6) is 0.275. The Morgan fingerprint density at radius 1 is 1.23 bits per heavy atom. The minimum absolute atomic E-state index is 0.0501. The van der Waals surface area contributed by atoms with Gasteiger partial charge in [0.05, 0.1) is 16.8 Å². The number of imidazole rings is 1. The van der Waals surface area contributed by atoms with Gasteiger partial charge in [-0.25, -0.2) is 4.98 Å². The molecule has 1 amide bonds. The molecule has 0 saturated heterocycles. The number of carbonyl (C=O) groups is 1. The molecule has 0 atom stereocenters. The highest BCUT2D eigenvalue weighted by atomic mass is 32.2. The standard InChI is InChI=1S/C16H16N4OS/c1-2-20-14-6-4-3-5-13(14)19-16(20)22-11-15(21)18-12-7-9-17-10-8-12/h3-10H,2,11H2,1H3,(H,17,18,21). The van der Waals surface area contributed by atoms with E-state index in [0.717, 1.165) is 28.4 Å². The number of para-hydroxylation sites is 2. The second kappa shape index (κ2) is 6.62. The molecule has 112 valence electrons. The fraction of sp³-hybridized carbons (Fsp3) is 0.188. The fourth-order valence-electron chi connectivity index (χ4n) is 2.23. The van der Waals surface area contributed by atoms with Crippen molar-refractivity contribution >= 4 is 34.4 Å². The molecule has 1 aromatic carbocycles. The third-order valence-corrected chi connectivity index (χ3v) is 4.21. The first-order chi connectivity index (χ1) is 10.8. The summed E-state index contributed by atoms with van der Waals surface area (Å²) in [6.45, 7) is 2.91. The van der Waals surface area contributed by atoms with Gasteiger partial charge in [-0.1, -0.05) is 23.9 Å². The first-order valence-corrected chi connectivity index (χ1v) is 8.04. The summed E-state index contributed by atoms with van der Waals surface area (Å²) in [7, 11) is 0. The zero-order valence-corrected chi connectivity index (χ0v) is 13.0. The van der Waals surface area contributed by atoms with Gasteiger partial charge in [-0.05, 0) is 31.2 Å². The summed E-state index contributed by atoms with van der Waals surface area (Å²) in [5, 5.41) is 3.72. The van der Waals surface area contributed by atoms with Crippen molar-refractivity contribution in [2.45, 2.75) is 18.6 Å². The highest BCUT2D eigenvalue weighted by Crippen LogP contribution is 2.24. The van der Waals surface area contributed by atoms with E-state index in [1.165, 1.54) is 11.8 Å². The second-order valence-corrected chi connectivity index (χ2v) is 5.64. The number of thioether (sulfide) groups is 1. The number of aromatic nitrogens is 3. The van der Waals surface area contributed by atoms with Crippen LogP contribution >= 0.6 is 11.8 Å². The van der Waals surface area contributed by atoms with Crippen LogP contribution in [0.15, 0.2) is 53.9 Å². The summed E-state index contributed by atoms with van der Waals surface area (Å²) >= 11 is 1.45. The summed E-state index contributed by atoms with van der Waals surface area (Å²) in [5.41, 5.74) is 2.81. The molecular formula is C16H16N4OS. The Kier molecular flexibility index (Phi) is 4.39. The van der Waals surface area contributed by atoms with Crippen molar-refractivity contribution in [3.63, 3.8) is 0 Å². The average Bonchev–Trinajstić information content (AvgIpc) is 2.91. The lowest BCUT2D eigenvalue weighted by Crippen LogP contribution is -2.14. The van der Waals surface area contributed by atoms with Gasteiger partial charge in [0, 0.05) is 24.6 Å². The number of hydrogen-bond donors (Lipinski definition) is 1. The molecule has 3 rings (SSSR count). The van der Waals surface area contributed by atoms with Crippen LogP contribution in [0, 0.1) is 0 Å². The van der Waals surface area contributed by atoms with Crippen LogP contribution in [0.25, 0.3) is 11.0 Å². The summed E-state index contributed by atoms with van der Waals surface area (Å²) < 4.78 is 2.12. The van der Waals surface area contributed by atoms with E-state index in [1.807, 2.05) is 24.3 Å². The lowest BCUT2D eigenvalue weighted by molar-refractivity contribution is -0.113. The predicted molar refractivity (Wildman–Crippen MR) is 89.0 cm³/mol. The SMILES string of the molecule is CCn1c(SCC(=O)Nc2ccncc2)nc2ccccc21. The molecular weight excluding hydrogens is 296 g/mol. The van der Waals surface area contributed by atoms with E-state index in [1.54, 1.807) is 24.5 Å². The molecule has 22 heavy (non-hydrogen) atoms. The van der Waals surface area contributed by atoms with E-state index >= 15 is 0 Å². The third-order valence-electron chi connectivity index (χ3n) is 3.23. The highest BCUT2D eigenvalue weighted by molar-refractivity contribution is 7.99. The summed E-state index contributed by atoms with van der Waals surface area (Å²) in [6.07, 6.45) is 3.30. The van der Waals surface area contributed by atoms with E-state index in [4.69, 9.17) is 0 Å². The number of pyridine rings is 1. The van der Waals surface area contributed by atoms with Gasteiger partial charge in [0.1, 0.15) is 0 Å². The monoisotopic (exact) mass is 312 g/mol. The molecule has 2 heterocycles. The number of benzene rings is 1. The lowest BCUT2D eigenvalue weighted by atomic mass is 10.3. The maximum absolute atomic E-state index is 12.0. The smallest absolute Gasteiger partial charge is 0.234 e. The number of aryl methyl sites for hydroxylation is 1. The van der Waals surface area contributed by atoms with Gasteiger partial charge in [0.2, 0.25) is 5.91 Å². The predicted octanol–water partition coefficient (Wildman–Crippen LogP) is 3.18. The minimum Gasteiger partial charge on any atom is -0.325 e. The fourth-order valence-corrected chi connectivity index (χ4v) is 3.11. The molecule has 0 bridgehead atoms. The van der Waals surface area contributed by atoms with E-state index in [9.17, 15) is 4.79 Å². The van der Waals surface area contributed by atoms with Crippen LogP contribution in [-0.4, -0.2) is 26.2 Å². The van der Waals surface area contributed by atoms with Crippen LogP contribution in [-0.2, 0) is 11.3 Å². The molecule has 3 aromatic rings. The normalized spacial score (nSPS) is 10.8. The topological polar surface area (TPSA) is 59.8 Å². The molecule has 0 fully saturated rings. The Bertz CT molecular complexity index is 785.